The molecule has 0 saturated carbocycles. The number of hydrogen-bond donors (Lipinski definition) is 1. The van der Waals surface area contributed by atoms with E-state index >= 15 is 0 Å². The first-order chi connectivity index (χ1) is 10.1. The minimum absolute atomic E-state index is 0.315. The second-order valence-electron chi connectivity index (χ2n) is 4.30. The fourth-order valence-corrected chi connectivity index (χ4v) is 2.88. The lowest BCUT2D eigenvalue weighted by Crippen LogP contribution is -2.21. The van der Waals surface area contributed by atoms with Crippen molar-refractivity contribution in [2.45, 2.75) is 6.04 Å². The summed E-state index contributed by atoms with van der Waals surface area (Å²) >= 11 is 3.45. The summed E-state index contributed by atoms with van der Waals surface area (Å²) in [6.45, 7) is 0. The lowest BCUT2D eigenvalue weighted by molar-refractivity contribution is 0.382. The molecule has 1 unspecified atom stereocenters. The Hall–Kier alpha value is -1.66. The zero-order valence-electron chi connectivity index (χ0n) is 12.0. The summed E-state index contributed by atoms with van der Waals surface area (Å²) in [5, 5.41) is 3.07. The number of rotatable bonds is 5. The topological polar surface area (TPSA) is 43.4 Å². The van der Waals surface area contributed by atoms with Crippen molar-refractivity contribution in [3.05, 3.63) is 52.0 Å². The number of ether oxygens (including phenoxy) is 2. The van der Waals surface area contributed by atoms with E-state index in [0.29, 0.717) is 21.7 Å². The molecule has 0 saturated heterocycles. The third kappa shape index (κ3) is 3.01. The van der Waals surface area contributed by atoms with E-state index in [1.807, 2.05) is 6.07 Å². The highest BCUT2D eigenvalue weighted by Gasteiger charge is 2.23. The molecule has 0 amide bonds. The lowest BCUT2D eigenvalue weighted by atomic mass is 10.0. The Morgan fingerprint density at radius 2 is 2.00 bits per heavy atom. The summed E-state index contributed by atoms with van der Waals surface area (Å²) in [6.07, 6.45) is 1.56. The summed E-state index contributed by atoms with van der Waals surface area (Å²) in [6, 6.07) is 6.15. The zero-order chi connectivity index (χ0) is 15.4. The van der Waals surface area contributed by atoms with Gasteiger partial charge in [0.1, 0.15) is 21.8 Å². The van der Waals surface area contributed by atoms with Crippen LogP contribution in [0.4, 0.5) is 4.39 Å². The Bertz CT molecular complexity index is 637. The highest BCUT2D eigenvalue weighted by molar-refractivity contribution is 9.10. The number of pyridine rings is 1. The molecule has 0 fully saturated rings. The van der Waals surface area contributed by atoms with Gasteiger partial charge in [0.05, 0.1) is 26.0 Å². The predicted molar refractivity (Wildman–Crippen MR) is 82.3 cm³/mol. The molecule has 1 N–H and O–H groups in total. The van der Waals surface area contributed by atoms with Gasteiger partial charge in [-0.15, -0.1) is 0 Å². The molecule has 21 heavy (non-hydrogen) atoms. The van der Waals surface area contributed by atoms with Gasteiger partial charge in [-0.2, -0.15) is 0 Å². The van der Waals surface area contributed by atoms with Gasteiger partial charge in [0, 0.05) is 11.8 Å². The molecule has 0 radical (unpaired) electrons. The van der Waals surface area contributed by atoms with Crippen molar-refractivity contribution in [3.63, 3.8) is 0 Å². The summed E-state index contributed by atoms with van der Waals surface area (Å²) in [5.41, 5.74) is 1.08. The first-order valence-corrected chi connectivity index (χ1v) is 7.11. The minimum Gasteiger partial charge on any atom is -0.495 e. The van der Waals surface area contributed by atoms with Gasteiger partial charge in [0.25, 0.3) is 0 Å². The molecule has 1 aromatic heterocycles. The van der Waals surface area contributed by atoms with Crippen molar-refractivity contribution in [2.75, 3.05) is 21.3 Å². The Kier molecular flexibility index (Phi) is 5.14. The minimum atomic E-state index is -0.427. The highest BCUT2D eigenvalue weighted by Crippen LogP contribution is 2.41. The summed E-state index contributed by atoms with van der Waals surface area (Å²) in [7, 11) is 4.88. The van der Waals surface area contributed by atoms with E-state index in [0.717, 1.165) is 5.56 Å². The van der Waals surface area contributed by atoms with Gasteiger partial charge in [0.15, 0.2) is 0 Å². The quantitative estimate of drug-likeness (QED) is 0.894. The maximum absolute atomic E-state index is 14.0. The molecule has 112 valence electrons. The number of halogens is 2. The van der Waals surface area contributed by atoms with Gasteiger partial charge in [-0.05, 0) is 47.2 Å². The third-order valence-electron chi connectivity index (χ3n) is 3.18. The van der Waals surface area contributed by atoms with Crippen LogP contribution < -0.4 is 14.8 Å². The van der Waals surface area contributed by atoms with Gasteiger partial charge < -0.3 is 14.8 Å². The Balaban J connectivity index is 2.58. The number of nitrogens with one attached hydrogen (secondary N) is 1. The monoisotopic (exact) mass is 354 g/mol. The SMILES string of the molecule is CNC(c1ccc(OC)c(Br)c1OC)c1ncccc1F. The molecule has 0 aliphatic rings. The molecule has 6 heteroatoms. The average molecular weight is 355 g/mol. The van der Waals surface area contributed by atoms with Crippen LogP contribution in [0.25, 0.3) is 0 Å². The molecule has 1 aromatic carbocycles. The first kappa shape index (κ1) is 15.7. The molecule has 0 aliphatic heterocycles. The van der Waals surface area contributed by atoms with E-state index in [2.05, 4.69) is 26.2 Å². The van der Waals surface area contributed by atoms with Crippen LogP contribution in [-0.2, 0) is 0 Å². The molecule has 1 heterocycles. The van der Waals surface area contributed by atoms with E-state index in [1.54, 1.807) is 39.6 Å². The van der Waals surface area contributed by atoms with Crippen LogP contribution in [0.15, 0.2) is 34.9 Å². The standard InChI is InChI=1S/C15H16BrFN2O2/c1-18-13(14-10(17)5-4-8-19-14)9-6-7-11(20-2)12(16)15(9)21-3/h4-8,13,18H,1-3H3. The Morgan fingerprint density at radius 3 is 2.57 bits per heavy atom. The van der Waals surface area contributed by atoms with Crippen molar-refractivity contribution >= 4 is 15.9 Å². The Morgan fingerprint density at radius 1 is 1.24 bits per heavy atom. The second-order valence-corrected chi connectivity index (χ2v) is 5.09. The van der Waals surface area contributed by atoms with E-state index in [1.165, 1.54) is 6.07 Å². The van der Waals surface area contributed by atoms with Crippen LogP contribution in [0.3, 0.4) is 0 Å². The smallest absolute Gasteiger partial charge is 0.146 e. The maximum atomic E-state index is 14.0. The fraction of sp³-hybridized carbons (Fsp3) is 0.267. The van der Waals surface area contributed by atoms with Crippen LogP contribution >= 0.6 is 15.9 Å². The van der Waals surface area contributed by atoms with Crippen molar-refractivity contribution in [2.24, 2.45) is 0 Å². The van der Waals surface area contributed by atoms with E-state index < -0.39 is 6.04 Å². The predicted octanol–water partition coefficient (Wildman–Crippen LogP) is 3.31. The summed E-state index contributed by atoms with van der Waals surface area (Å²) in [5.74, 6) is 0.858. The second kappa shape index (κ2) is 6.87. The Labute approximate surface area is 131 Å². The van der Waals surface area contributed by atoms with Gasteiger partial charge in [0.2, 0.25) is 0 Å². The highest BCUT2D eigenvalue weighted by atomic mass is 79.9. The largest absolute Gasteiger partial charge is 0.495 e. The van der Waals surface area contributed by atoms with Gasteiger partial charge in [-0.25, -0.2) is 4.39 Å². The average Bonchev–Trinajstić information content (AvgIpc) is 2.50. The number of methoxy groups -OCH3 is 2. The molecule has 4 nitrogen and oxygen atoms in total. The molecule has 0 spiro atoms. The van der Waals surface area contributed by atoms with E-state index in [4.69, 9.17) is 9.47 Å². The van der Waals surface area contributed by atoms with Gasteiger partial charge in [-0.3, -0.25) is 4.98 Å². The van der Waals surface area contributed by atoms with Crippen molar-refractivity contribution in [3.8, 4) is 11.5 Å². The number of aromatic nitrogens is 1. The lowest BCUT2D eigenvalue weighted by Gasteiger charge is -2.21. The number of hydrogen-bond acceptors (Lipinski definition) is 4. The van der Waals surface area contributed by atoms with Gasteiger partial charge in [-0.1, -0.05) is 0 Å². The van der Waals surface area contributed by atoms with Crippen molar-refractivity contribution in [1.82, 2.24) is 10.3 Å². The normalized spacial score (nSPS) is 12.0. The molecule has 2 rings (SSSR count). The fourth-order valence-electron chi connectivity index (χ4n) is 2.20. The van der Waals surface area contributed by atoms with Crippen molar-refractivity contribution in [1.29, 1.82) is 0 Å². The van der Waals surface area contributed by atoms with Crippen LogP contribution in [-0.4, -0.2) is 26.3 Å². The first-order valence-electron chi connectivity index (χ1n) is 6.32. The van der Waals surface area contributed by atoms with E-state index in [-0.39, 0.29) is 5.82 Å². The zero-order valence-corrected chi connectivity index (χ0v) is 13.6. The van der Waals surface area contributed by atoms with Gasteiger partial charge >= 0.3 is 0 Å². The van der Waals surface area contributed by atoms with Crippen LogP contribution in [0.1, 0.15) is 17.3 Å². The van der Waals surface area contributed by atoms with Crippen molar-refractivity contribution < 1.29 is 13.9 Å². The van der Waals surface area contributed by atoms with Crippen LogP contribution in [0, 0.1) is 5.82 Å². The molecule has 0 aliphatic carbocycles. The van der Waals surface area contributed by atoms with Crippen LogP contribution in [0.2, 0.25) is 0 Å². The van der Waals surface area contributed by atoms with E-state index in [9.17, 15) is 4.39 Å². The molecule has 1 atom stereocenters. The molecular weight excluding hydrogens is 339 g/mol. The maximum Gasteiger partial charge on any atom is 0.146 e. The van der Waals surface area contributed by atoms with Crippen LogP contribution in [0.5, 0.6) is 11.5 Å². The number of nitrogens with zero attached hydrogens (tertiary/aromatic N) is 1. The summed E-state index contributed by atoms with van der Waals surface area (Å²) in [4.78, 5) is 4.13. The molecule has 0 bridgehead atoms. The summed E-state index contributed by atoms with van der Waals surface area (Å²) < 4.78 is 25.4. The third-order valence-corrected chi connectivity index (χ3v) is 3.93. The molecule has 2 aromatic rings. The number of benzene rings is 1. The molecular formula is C15H16BrFN2O2.